The Kier molecular flexibility index (Phi) is 4.07. The maximum atomic E-state index is 11.3. The molecule has 4 heteroatoms. The zero-order chi connectivity index (χ0) is 10.6. The summed E-state index contributed by atoms with van der Waals surface area (Å²) in [7, 11) is 0. The molecule has 1 unspecified atom stereocenters. The van der Waals surface area contributed by atoms with Crippen molar-refractivity contribution in [1.82, 2.24) is 10.2 Å². The Balaban J connectivity index is 2.53. The summed E-state index contributed by atoms with van der Waals surface area (Å²) in [6.45, 7) is 5.08. The smallest absolute Gasteiger partial charge is 0.223 e. The molecule has 1 heterocycles. The van der Waals surface area contributed by atoms with Gasteiger partial charge in [0.05, 0.1) is 12.7 Å². The summed E-state index contributed by atoms with van der Waals surface area (Å²) >= 11 is 0. The number of unbranched alkanes of at least 4 members (excludes halogenated alkanes) is 1. The maximum absolute atomic E-state index is 11.3. The fourth-order valence-corrected chi connectivity index (χ4v) is 1.67. The highest BCUT2D eigenvalue weighted by molar-refractivity contribution is 5.89. The van der Waals surface area contributed by atoms with E-state index in [2.05, 4.69) is 12.2 Å². The topological polar surface area (TPSA) is 49.4 Å². The molecule has 0 aromatic carbocycles. The highest BCUT2D eigenvalue weighted by Gasteiger charge is 2.29. The number of rotatable bonds is 4. The molecule has 1 fully saturated rings. The minimum atomic E-state index is -0.199. The minimum absolute atomic E-state index is 0.0158. The van der Waals surface area contributed by atoms with E-state index < -0.39 is 0 Å². The molecule has 4 nitrogen and oxygen atoms in total. The summed E-state index contributed by atoms with van der Waals surface area (Å²) in [5.41, 5.74) is 0. The van der Waals surface area contributed by atoms with Gasteiger partial charge in [0.15, 0.2) is 0 Å². The lowest BCUT2D eigenvalue weighted by Gasteiger charge is -2.33. The number of carbonyl (C=O) groups excluding carboxylic acids is 2. The van der Waals surface area contributed by atoms with Crippen LogP contribution in [0.2, 0.25) is 0 Å². The molecule has 0 bridgehead atoms. The number of nitrogens with one attached hydrogen (secondary N) is 1. The van der Waals surface area contributed by atoms with Gasteiger partial charge in [-0.1, -0.05) is 13.3 Å². The van der Waals surface area contributed by atoms with E-state index in [9.17, 15) is 9.59 Å². The third-order valence-corrected chi connectivity index (χ3v) is 2.57. The normalized spacial score (nSPS) is 23.3. The first-order chi connectivity index (χ1) is 6.65. The third kappa shape index (κ3) is 2.80. The zero-order valence-corrected chi connectivity index (χ0v) is 8.88. The number of hydrogen-bond acceptors (Lipinski definition) is 3. The Bertz CT molecular complexity index is 228. The van der Waals surface area contributed by atoms with Crippen molar-refractivity contribution in [2.75, 3.05) is 13.2 Å². The summed E-state index contributed by atoms with van der Waals surface area (Å²) in [6, 6.07) is -0.199. The fourth-order valence-electron chi connectivity index (χ4n) is 1.67. The molecule has 1 saturated heterocycles. The number of carbonyl (C=O) groups is 2. The Morgan fingerprint density at radius 2 is 2.36 bits per heavy atom. The average Bonchev–Trinajstić information content (AvgIpc) is 2.15. The summed E-state index contributed by atoms with van der Waals surface area (Å²) in [5.74, 6) is 0.0777. The van der Waals surface area contributed by atoms with Crippen LogP contribution in [0.25, 0.3) is 0 Å². The van der Waals surface area contributed by atoms with Gasteiger partial charge in [-0.2, -0.15) is 0 Å². The van der Waals surface area contributed by atoms with Gasteiger partial charge in [-0.25, -0.2) is 0 Å². The van der Waals surface area contributed by atoms with E-state index in [0.717, 1.165) is 19.4 Å². The quantitative estimate of drug-likeness (QED) is 0.716. The molecule has 14 heavy (non-hydrogen) atoms. The van der Waals surface area contributed by atoms with Crippen LogP contribution in [0.5, 0.6) is 0 Å². The highest BCUT2D eigenvalue weighted by atomic mass is 16.2. The molecular formula is C10H18N2O2. The Labute approximate surface area is 84.7 Å². The van der Waals surface area contributed by atoms with Gasteiger partial charge >= 0.3 is 0 Å². The van der Waals surface area contributed by atoms with Gasteiger partial charge in [-0.15, -0.1) is 0 Å². The lowest BCUT2D eigenvalue weighted by Crippen LogP contribution is -2.54. The van der Waals surface area contributed by atoms with Crippen molar-refractivity contribution < 1.29 is 9.59 Å². The SMILES string of the molecule is CCCCN1CNC(=O)CC1C(C)=O. The minimum Gasteiger partial charge on any atom is -0.343 e. The number of nitrogens with zero attached hydrogens (tertiary/aromatic N) is 1. The van der Waals surface area contributed by atoms with Crippen molar-refractivity contribution in [3.8, 4) is 0 Å². The molecule has 0 aliphatic carbocycles. The second-order valence-corrected chi connectivity index (χ2v) is 3.75. The van der Waals surface area contributed by atoms with Crippen LogP contribution in [0.15, 0.2) is 0 Å². The molecule has 1 N–H and O–H groups in total. The van der Waals surface area contributed by atoms with Crippen molar-refractivity contribution in [2.24, 2.45) is 0 Å². The number of amides is 1. The van der Waals surface area contributed by atoms with Crippen molar-refractivity contribution in [1.29, 1.82) is 0 Å². The van der Waals surface area contributed by atoms with Crippen LogP contribution in [0, 0.1) is 0 Å². The van der Waals surface area contributed by atoms with Crippen LogP contribution >= 0.6 is 0 Å². The molecule has 1 atom stereocenters. The molecule has 0 aromatic heterocycles. The van der Waals surface area contributed by atoms with Gasteiger partial charge in [-0.05, 0) is 13.3 Å². The lowest BCUT2D eigenvalue weighted by molar-refractivity contribution is -0.133. The number of ketones is 1. The van der Waals surface area contributed by atoms with Crippen LogP contribution in [0.1, 0.15) is 33.1 Å². The van der Waals surface area contributed by atoms with E-state index in [1.807, 2.05) is 4.90 Å². The van der Waals surface area contributed by atoms with E-state index in [4.69, 9.17) is 0 Å². The molecule has 1 rings (SSSR count). The molecule has 0 aromatic rings. The van der Waals surface area contributed by atoms with Gasteiger partial charge < -0.3 is 5.32 Å². The molecule has 0 radical (unpaired) electrons. The molecule has 1 aliphatic rings. The second kappa shape index (κ2) is 5.10. The molecule has 80 valence electrons. The van der Waals surface area contributed by atoms with E-state index in [0.29, 0.717) is 13.1 Å². The fraction of sp³-hybridized carbons (Fsp3) is 0.800. The van der Waals surface area contributed by atoms with E-state index >= 15 is 0 Å². The molecule has 1 amide bonds. The van der Waals surface area contributed by atoms with E-state index in [-0.39, 0.29) is 17.7 Å². The summed E-state index contributed by atoms with van der Waals surface area (Å²) < 4.78 is 0. The molecular weight excluding hydrogens is 180 g/mol. The molecule has 0 saturated carbocycles. The van der Waals surface area contributed by atoms with Crippen LogP contribution in [0.3, 0.4) is 0 Å². The summed E-state index contributed by atoms with van der Waals surface area (Å²) in [5, 5.41) is 2.76. The highest BCUT2D eigenvalue weighted by Crippen LogP contribution is 2.10. The van der Waals surface area contributed by atoms with E-state index in [1.54, 1.807) is 6.92 Å². The third-order valence-electron chi connectivity index (χ3n) is 2.57. The first-order valence-electron chi connectivity index (χ1n) is 5.16. The van der Waals surface area contributed by atoms with E-state index in [1.165, 1.54) is 0 Å². The lowest BCUT2D eigenvalue weighted by atomic mass is 10.1. The predicted octanol–water partition coefficient (Wildman–Crippen LogP) is 0.523. The van der Waals surface area contributed by atoms with Gasteiger partial charge in [0, 0.05) is 13.0 Å². The number of hydrogen-bond donors (Lipinski definition) is 1. The largest absolute Gasteiger partial charge is 0.343 e. The van der Waals surface area contributed by atoms with Gasteiger partial charge in [0.2, 0.25) is 5.91 Å². The summed E-state index contributed by atoms with van der Waals surface area (Å²) in [6.07, 6.45) is 2.49. The standard InChI is InChI=1S/C10H18N2O2/c1-3-4-5-12-7-11-10(14)6-9(12)8(2)13/h9H,3-7H2,1-2H3,(H,11,14). The van der Waals surface area contributed by atoms with Crippen LogP contribution in [-0.4, -0.2) is 35.8 Å². The van der Waals surface area contributed by atoms with Crippen molar-refractivity contribution >= 4 is 11.7 Å². The van der Waals surface area contributed by atoms with Crippen molar-refractivity contribution in [3.05, 3.63) is 0 Å². The Hall–Kier alpha value is -0.900. The Morgan fingerprint density at radius 1 is 1.64 bits per heavy atom. The van der Waals surface area contributed by atoms with Crippen LogP contribution < -0.4 is 5.32 Å². The average molecular weight is 198 g/mol. The number of Topliss-reactive ketones (excluding diaryl/α,β-unsaturated/α-hetero) is 1. The van der Waals surface area contributed by atoms with Crippen LogP contribution in [-0.2, 0) is 9.59 Å². The van der Waals surface area contributed by atoms with Gasteiger partial charge in [0.1, 0.15) is 5.78 Å². The molecule has 0 spiro atoms. The molecule has 1 aliphatic heterocycles. The predicted molar refractivity (Wildman–Crippen MR) is 53.7 cm³/mol. The second-order valence-electron chi connectivity index (χ2n) is 3.75. The van der Waals surface area contributed by atoms with Crippen molar-refractivity contribution in [2.45, 2.75) is 39.2 Å². The monoisotopic (exact) mass is 198 g/mol. The first kappa shape index (κ1) is 11.2. The van der Waals surface area contributed by atoms with Gasteiger partial charge in [-0.3, -0.25) is 14.5 Å². The Morgan fingerprint density at radius 3 is 2.93 bits per heavy atom. The van der Waals surface area contributed by atoms with Gasteiger partial charge in [0.25, 0.3) is 0 Å². The summed E-state index contributed by atoms with van der Waals surface area (Å²) in [4.78, 5) is 24.5. The maximum Gasteiger partial charge on any atom is 0.223 e. The zero-order valence-electron chi connectivity index (χ0n) is 8.88. The van der Waals surface area contributed by atoms with Crippen molar-refractivity contribution in [3.63, 3.8) is 0 Å². The van der Waals surface area contributed by atoms with Crippen LogP contribution in [0.4, 0.5) is 0 Å². The first-order valence-corrected chi connectivity index (χ1v) is 5.16.